The van der Waals surface area contributed by atoms with Crippen LogP contribution >= 0.6 is 0 Å². The second-order valence-electron chi connectivity index (χ2n) is 7.40. The van der Waals surface area contributed by atoms with Crippen LogP contribution in [0.1, 0.15) is 29.2 Å². The van der Waals surface area contributed by atoms with E-state index in [4.69, 9.17) is 4.74 Å². The van der Waals surface area contributed by atoms with Crippen LogP contribution in [-0.4, -0.2) is 50.4 Å². The predicted octanol–water partition coefficient (Wildman–Crippen LogP) is 3.13. The van der Waals surface area contributed by atoms with E-state index in [1.807, 2.05) is 44.2 Å². The van der Waals surface area contributed by atoms with Crippen LogP contribution in [0.5, 0.6) is 5.75 Å². The molecule has 0 saturated carbocycles. The number of piperazine rings is 1. The Morgan fingerprint density at radius 2 is 1.74 bits per heavy atom. The number of nitrogens with zero attached hydrogens (tertiary/aromatic N) is 2. The number of aryl methyl sites for hydroxylation is 2. The van der Waals surface area contributed by atoms with Crippen molar-refractivity contribution in [3.05, 3.63) is 59.2 Å². The number of sulfonamides is 1. The molecule has 0 radical (unpaired) electrons. The monoisotopic (exact) mass is 386 g/mol. The molecule has 0 bridgehead atoms. The van der Waals surface area contributed by atoms with Crippen LogP contribution < -0.4 is 4.74 Å². The van der Waals surface area contributed by atoms with Crippen molar-refractivity contribution in [2.45, 2.75) is 31.2 Å². The Morgan fingerprint density at radius 1 is 1.00 bits per heavy atom. The maximum Gasteiger partial charge on any atom is 0.243 e. The Balaban J connectivity index is 1.50. The van der Waals surface area contributed by atoms with Crippen LogP contribution in [0.25, 0.3) is 0 Å². The summed E-state index contributed by atoms with van der Waals surface area (Å²) in [5, 5.41) is 0. The Hall–Kier alpha value is -1.89. The van der Waals surface area contributed by atoms with Crippen molar-refractivity contribution in [1.82, 2.24) is 9.21 Å². The molecule has 1 atom stereocenters. The van der Waals surface area contributed by atoms with Crippen molar-refractivity contribution >= 4 is 10.0 Å². The highest BCUT2D eigenvalue weighted by atomic mass is 32.2. The fourth-order valence-electron chi connectivity index (χ4n) is 4.08. The van der Waals surface area contributed by atoms with Crippen molar-refractivity contribution in [2.24, 2.45) is 0 Å². The van der Waals surface area contributed by atoms with Gasteiger partial charge in [0.25, 0.3) is 0 Å². The smallest absolute Gasteiger partial charge is 0.243 e. The zero-order valence-electron chi connectivity index (χ0n) is 15.9. The van der Waals surface area contributed by atoms with Crippen LogP contribution in [0.3, 0.4) is 0 Å². The lowest BCUT2D eigenvalue weighted by Crippen LogP contribution is -2.50. The van der Waals surface area contributed by atoms with E-state index >= 15 is 0 Å². The van der Waals surface area contributed by atoms with Crippen LogP contribution in [-0.2, 0) is 10.0 Å². The molecule has 1 fully saturated rings. The molecule has 2 aliphatic heterocycles. The summed E-state index contributed by atoms with van der Waals surface area (Å²) in [5.74, 6) is 0.958. The SMILES string of the molecule is Cc1ccc(C)c(S(=O)(=O)N2CCN(C3CCOc4ccccc43)CC2)c1. The first-order valence-electron chi connectivity index (χ1n) is 9.50. The number of para-hydroxylation sites is 1. The van der Waals surface area contributed by atoms with Gasteiger partial charge in [-0.15, -0.1) is 0 Å². The minimum Gasteiger partial charge on any atom is -0.493 e. The van der Waals surface area contributed by atoms with Gasteiger partial charge in [0.1, 0.15) is 5.75 Å². The molecule has 0 amide bonds. The first-order valence-corrected chi connectivity index (χ1v) is 10.9. The maximum absolute atomic E-state index is 13.1. The molecular weight excluding hydrogens is 360 g/mol. The molecule has 0 aromatic heterocycles. The largest absolute Gasteiger partial charge is 0.493 e. The number of fused-ring (bicyclic) bond motifs is 1. The van der Waals surface area contributed by atoms with E-state index in [0.717, 1.165) is 36.4 Å². The van der Waals surface area contributed by atoms with Gasteiger partial charge in [-0.3, -0.25) is 4.90 Å². The van der Waals surface area contributed by atoms with Crippen LogP contribution in [0.4, 0.5) is 0 Å². The van der Waals surface area contributed by atoms with E-state index < -0.39 is 10.0 Å². The van der Waals surface area contributed by atoms with Gasteiger partial charge in [-0.1, -0.05) is 30.3 Å². The van der Waals surface area contributed by atoms with E-state index in [-0.39, 0.29) is 0 Å². The fourth-order valence-corrected chi connectivity index (χ4v) is 5.81. The normalized spacial score (nSPS) is 21.5. The summed E-state index contributed by atoms with van der Waals surface area (Å²) >= 11 is 0. The fraction of sp³-hybridized carbons (Fsp3) is 0.429. The lowest BCUT2D eigenvalue weighted by atomic mass is 9.98. The highest BCUT2D eigenvalue weighted by Gasteiger charge is 2.34. The molecule has 0 aliphatic carbocycles. The molecule has 4 rings (SSSR count). The van der Waals surface area contributed by atoms with E-state index in [9.17, 15) is 8.42 Å². The number of rotatable bonds is 3. The standard InChI is InChI=1S/C21H26N2O3S/c1-16-7-8-17(2)21(15-16)27(24,25)23-12-10-22(11-13-23)19-9-14-26-20-6-4-3-5-18(19)20/h3-8,15,19H,9-14H2,1-2H3. The molecule has 144 valence electrons. The Morgan fingerprint density at radius 3 is 2.52 bits per heavy atom. The number of benzene rings is 2. The van der Waals surface area contributed by atoms with Gasteiger partial charge in [0, 0.05) is 44.2 Å². The van der Waals surface area contributed by atoms with Crippen molar-refractivity contribution in [3.63, 3.8) is 0 Å². The van der Waals surface area contributed by atoms with Crippen LogP contribution in [0, 0.1) is 13.8 Å². The minimum absolute atomic E-state index is 0.306. The summed E-state index contributed by atoms with van der Waals surface area (Å²) in [6, 6.07) is 14.1. The van der Waals surface area contributed by atoms with Gasteiger partial charge in [0.15, 0.2) is 0 Å². The van der Waals surface area contributed by atoms with E-state index in [1.54, 1.807) is 10.4 Å². The lowest BCUT2D eigenvalue weighted by molar-refractivity contribution is 0.103. The third-order valence-corrected chi connectivity index (χ3v) is 7.64. The van der Waals surface area contributed by atoms with Crippen molar-refractivity contribution in [2.75, 3.05) is 32.8 Å². The maximum atomic E-state index is 13.1. The molecule has 2 aromatic carbocycles. The quantitative estimate of drug-likeness (QED) is 0.813. The summed E-state index contributed by atoms with van der Waals surface area (Å²) in [4.78, 5) is 2.84. The molecular formula is C21H26N2O3S. The summed E-state index contributed by atoms with van der Waals surface area (Å²) in [5.41, 5.74) is 2.99. The van der Waals surface area contributed by atoms with Gasteiger partial charge >= 0.3 is 0 Å². The Bertz CT molecular complexity index is 934. The summed E-state index contributed by atoms with van der Waals surface area (Å²) < 4.78 is 33.7. The van der Waals surface area contributed by atoms with Gasteiger partial charge in [0.05, 0.1) is 11.5 Å². The van der Waals surface area contributed by atoms with Gasteiger partial charge in [-0.05, 0) is 37.1 Å². The van der Waals surface area contributed by atoms with E-state index in [1.165, 1.54) is 5.56 Å². The van der Waals surface area contributed by atoms with Crippen molar-refractivity contribution < 1.29 is 13.2 Å². The van der Waals surface area contributed by atoms with Crippen molar-refractivity contribution in [1.29, 1.82) is 0 Å². The molecule has 5 nitrogen and oxygen atoms in total. The summed E-state index contributed by atoms with van der Waals surface area (Å²) in [7, 11) is -3.45. The van der Waals surface area contributed by atoms with Gasteiger partial charge in [0.2, 0.25) is 10.0 Å². The third-order valence-electron chi connectivity index (χ3n) is 5.60. The number of ether oxygens (including phenoxy) is 1. The van der Waals surface area contributed by atoms with E-state index in [2.05, 4.69) is 11.0 Å². The van der Waals surface area contributed by atoms with E-state index in [0.29, 0.717) is 30.6 Å². The molecule has 1 unspecified atom stereocenters. The molecule has 2 heterocycles. The highest BCUT2D eigenvalue weighted by Crippen LogP contribution is 2.36. The molecule has 1 saturated heterocycles. The summed E-state index contributed by atoms with van der Waals surface area (Å²) in [6.07, 6.45) is 0.945. The van der Waals surface area contributed by atoms with Crippen LogP contribution in [0.15, 0.2) is 47.4 Å². The molecule has 2 aromatic rings. The van der Waals surface area contributed by atoms with Gasteiger partial charge < -0.3 is 4.74 Å². The van der Waals surface area contributed by atoms with Gasteiger partial charge in [-0.25, -0.2) is 8.42 Å². The first-order chi connectivity index (χ1) is 13.0. The molecule has 0 N–H and O–H groups in total. The van der Waals surface area contributed by atoms with Crippen molar-refractivity contribution in [3.8, 4) is 5.75 Å². The predicted molar refractivity (Wildman–Crippen MR) is 106 cm³/mol. The molecule has 0 spiro atoms. The lowest BCUT2D eigenvalue weighted by Gasteiger charge is -2.40. The molecule has 27 heavy (non-hydrogen) atoms. The average molecular weight is 387 g/mol. The number of hydrogen-bond donors (Lipinski definition) is 0. The molecule has 2 aliphatic rings. The zero-order valence-corrected chi connectivity index (χ0v) is 16.7. The topological polar surface area (TPSA) is 49.9 Å². The highest BCUT2D eigenvalue weighted by molar-refractivity contribution is 7.89. The first kappa shape index (κ1) is 18.5. The Kier molecular flexibility index (Phi) is 4.97. The second-order valence-corrected chi connectivity index (χ2v) is 9.31. The van der Waals surface area contributed by atoms with Gasteiger partial charge in [-0.2, -0.15) is 4.31 Å². The average Bonchev–Trinajstić information content (AvgIpc) is 2.69. The van der Waals surface area contributed by atoms with Crippen LogP contribution in [0.2, 0.25) is 0 Å². The zero-order chi connectivity index (χ0) is 19.0. The number of hydrogen-bond acceptors (Lipinski definition) is 4. The third kappa shape index (κ3) is 3.49. The Labute approximate surface area is 161 Å². The molecule has 6 heteroatoms. The minimum atomic E-state index is -3.45. The second kappa shape index (κ2) is 7.26. The summed E-state index contributed by atoms with van der Waals surface area (Å²) in [6.45, 7) is 7.03.